The largest absolute Gasteiger partial charge is 0.379 e. The normalized spacial score (nSPS) is 22.6. The first-order valence-electron chi connectivity index (χ1n) is 7.68. The SMILES string of the molecule is CC(C)CC(NC(C)CC1COCCN1)C(=O)N(C)C. The van der Waals surface area contributed by atoms with Crippen LogP contribution in [0.2, 0.25) is 0 Å². The van der Waals surface area contributed by atoms with E-state index in [0.717, 1.165) is 32.6 Å². The first-order chi connectivity index (χ1) is 9.40. The van der Waals surface area contributed by atoms with E-state index in [2.05, 4.69) is 31.4 Å². The molecular formula is C15H31N3O2. The van der Waals surface area contributed by atoms with Crippen LogP contribution < -0.4 is 10.6 Å². The highest BCUT2D eigenvalue weighted by Crippen LogP contribution is 2.10. The van der Waals surface area contributed by atoms with E-state index in [4.69, 9.17) is 4.74 Å². The zero-order valence-electron chi connectivity index (χ0n) is 13.6. The van der Waals surface area contributed by atoms with E-state index >= 15 is 0 Å². The summed E-state index contributed by atoms with van der Waals surface area (Å²) in [6.45, 7) is 8.93. The number of likely N-dealkylation sites (N-methyl/N-ethyl adjacent to an activating group) is 1. The van der Waals surface area contributed by atoms with Crippen LogP contribution in [0.4, 0.5) is 0 Å². The number of amides is 1. The van der Waals surface area contributed by atoms with Crippen molar-refractivity contribution in [3.8, 4) is 0 Å². The van der Waals surface area contributed by atoms with Crippen molar-refractivity contribution in [2.75, 3.05) is 33.9 Å². The molecule has 1 amide bonds. The Kier molecular flexibility index (Phi) is 7.48. The predicted octanol–water partition coefficient (Wildman–Crippen LogP) is 0.846. The second kappa shape index (κ2) is 8.60. The van der Waals surface area contributed by atoms with Crippen LogP contribution in [0.15, 0.2) is 0 Å². The van der Waals surface area contributed by atoms with Crippen molar-refractivity contribution in [1.29, 1.82) is 0 Å². The van der Waals surface area contributed by atoms with Gasteiger partial charge in [-0.15, -0.1) is 0 Å². The molecule has 0 aromatic rings. The number of nitrogens with one attached hydrogen (secondary N) is 2. The van der Waals surface area contributed by atoms with E-state index in [0.29, 0.717) is 18.0 Å². The standard InChI is InChI=1S/C15H31N3O2/c1-11(2)8-14(15(19)18(4)5)17-12(3)9-13-10-20-7-6-16-13/h11-14,16-17H,6-10H2,1-5H3. The number of nitrogens with zero attached hydrogens (tertiary/aromatic N) is 1. The van der Waals surface area contributed by atoms with Gasteiger partial charge in [-0.05, 0) is 25.7 Å². The summed E-state index contributed by atoms with van der Waals surface area (Å²) in [5.74, 6) is 0.665. The number of rotatable bonds is 7. The highest BCUT2D eigenvalue weighted by Gasteiger charge is 2.24. The van der Waals surface area contributed by atoms with E-state index in [9.17, 15) is 4.79 Å². The van der Waals surface area contributed by atoms with Crippen molar-refractivity contribution in [2.45, 2.75) is 51.7 Å². The molecule has 3 unspecified atom stereocenters. The minimum absolute atomic E-state index is 0.0930. The third-order valence-corrected chi connectivity index (χ3v) is 3.57. The molecule has 0 bridgehead atoms. The minimum Gasteiger partial charge on any atom is -0.379 e. The third-order valence-electron chi connectivity index (χ3n) is 3.57. The maximum absolute atomic E-state index is 12.2. The highest BCUT2D eigenvalue weighted by atomic mass is 16.5. The summed E-state index contributed by atoms with van der Waals surface area (Å²) in [4.78, 5) is 13.9. The predicted molar refractivity (Wildman–Crippen MR) is 81.8 cm³/mol. The molecule has 0 aromatic heterocycles. The number of carbonyl (C=O) groups excluding carboxylic acids is 1. The molecule has 0 aromatic carbocycles. The van der Waals surface area contributed by atoms with Gasteiger partial charge < -0.3 is 20.3 Å². The second-order valence-electron chi connectivity index (χ2n) is 6.44. The summed E-state index contributed by atoms with van der Waals surface area (Å²) in [6.07, 6.45) is 1.85. The zero-order valence-corrected chi connectivity index (χ0v) is 13.6. The summed E-state index contributed by atoms with van der Waals surface area (Å²) in [5.41, 5.74) is 0. The number of hydrogen-bond donors (Lipinski definition) is 2. The van der Waals surface area contributed by atoms with Crippen LogP contribution >= 0.6 is 0 Å². The molecule has 5 heteroatoms. The topological polar surface area (TPSA) is 53.6 Å². The summed E-state index contributed by atoms with van der Waals surface area (Å²) in [5, 5.41) is 6.95. The fourth-order valence-corrected chi connectivity index (χ4v) is 2.63. The number of ether oxygens (including phenoxy) is 1. The Bertz CT molecular complexity index is 289. The Morgan fingerprint density at radius 3 is 2.60 bits per heavy atom. The molecule has 1 fully saturated rings. The maximum atomic E-state index is 12.2. The molecule has 0 saturated carbocycles. The molecular weight excluding hydrogens is 254 g/mol. The van der Waals surface area contributed by atoms with Crippen molar-refractivity contribution in [3.05, 3.63) is 0 Å². The van der Waals surface area contributed by atoms with Gasteiger partial charge in [0.25, 0.3) is 0 Å². The van der Waals surface area contributed by atoms with E-state index in [1.54, 1.807) is 4.90 Å². The molecule has 1 heterocycles. The van der Waals surface area contributed by atoms with Gasteiger partial charge in [-0.1, -0.05) is 13.8 Å². The van der Waals surface area contributed by atoms with E-state index in [1.165, 1.54) is 0 Å². The van der Waals surface area contributed by atoms with Gasteiger partial charge in [-0.2, -0.15) is 0 Å². The van der Waals surface area contributed by atoms with Gasteiger partial charge in [0.1, 0.15) is 0 Å². The number of carbonyl (C=O) groups is 1. The summed E-state index contributed by atoms with van der Waals surface area (Å²) in [7, 11) is 3.64. The highest BCUT2D eigenvalue weighted by molar-refractivity contribution is 5.81. The molecule has 5 nitrogen and oxygen atoms in total. The van der Waals surface area contributed by atoms with Gasteiger partial charge in [-0.3, -0.25) is 4.79 Å². The van der Waals surface area contributed by atoms with Crippen LogP contribution in [0.1, 0.15) is 33.6 Å². The van der Waals surface area contributed by atoms with Crippen LogP contribution in [0.25, 0.3) is 0 Å². The van der Waals surface area contributed by atoms with Gasteiger partial charge in [0.15, 0.2) is 0 Å². The lowest BCUT2D eigenvalue weighted by Gasteiger charge is -2.30. The van der Waals surface area contributed by atoms with Crippen molar-refractivity contribution in [1.82, 2.24) is 15.5 Å². The van der Waals surface area contributed by atoms with Crippen molar-refractivity contribution >= 4 is 5.91 Å². The van der Waals surface area contributed by atoms with Crippen molar-refractivity contribution < 1.29 is 9.53 Å². The maximum Gasteiger partial charge on any atom is 0.239 e. The molecule has 1 aliphatic rings. The molecule has 0 radical (unpaired) electrons. The van der Waals surface area contributed by atoms with Crippen molar-refractivity contribution in [2.24, 2.45) is 5.92 Å². The molecule has 20 heavy (non-hydrogen) atoms. The summed E-state index contributed by atoms with van der Waals surface area (Å²) < 4.78 is 5.47. The smallest absolute Gasteiger partial charge is 0.239 e. The fraction of sp³-hybridized carbons (Fsp3) is 0.933. The lowest BCUT2D eigenvalue weighted by Crippen LogP contribution is -2.51. The van der Waals surface area contributed by atoms with Gasteiger partial charge in [0.05, 0.1) is 19.3 Å². The van der Waals surface area contributed by atoms with Gasteiger partial charge in [0, 0.05) is 32.7 Å². The Morgan fingerprint density at radius 1 is 1.40 bits per heavy atom. The molecule has 1 saturated heterocycles. The first-order valence-corrected chi connectivity index (χ1v) is 7.68. The van der Waals surface area contributed by atoms with Gasteiger partial charge in [0.2, 0.25) is 5.91 Å². The van der Waals surface area contributed by atoms with Crippen LogP contribution in [-0.4, -0.2) is 62.8 Å². The quantitative estimate of drug-likeness (QED) is 0.728. The average molecular weight is 285 g/mol. The van der Waals surface area contributed by atoms with E-state index < -0.39 is 0 Å². The van der Waals surface area contributed by atoms with Crippen LogP contribution in [-0.2, 0) is 9.53 Å². The molecule has 2 N–H and O–H groups in total. The van der Waals surface area contributed by atoms with Crippen molar-refractivity contribution in [3.63, 3.8) is 0 Å². The third kappa shape index (κ3) is 6.20. The fourth-order valence-electron chi connectivity index (χ4n) is 2.63. The molecule has 1 rings (SSSR count). The van der Waals surface area contributed by atoms with Crippen LogP contribution in [0.3, 0.4) is 0 Å². The van der Waals surface area contributed by atoms with E-state index in [-0.39, 0.29) is 11.9 Å². The first kappa shape index (κ1) is 17.4. The summed E-state index contributed by atoms with van der Waals surface area (Å²) in [6, 6.07) is 0.590. The molecule has 0 spiro atoms. The van der Waals surface area contributed by atoms with Gasteiger partial charge >= 0.3 is 0 Å². The van der Waals surface area contributed by atoms with Crippen LogP contribution in [0, 0.1) is 5.92 Å². The summed E-state index contributed by atoms with van der Waals surface area (Å²) >= 11 is 0. The average Bonchev–Trinajstić information content (AvgIpc) is 2.37. The molecule has 118 valence electrons. The number of hydrogen-bond acceptors (Lipinski definition) is 4. The Balaban J connectivity index is 2.47. The van der Waals surface area contributed by atoms with Gasteiger partial charge in [-0.25, -0.2) is 0 Å². The Morgan fingerprint density at radius 2 is 2.10 bits per heavy atom. The van der Waals surface area contributed by atoms with E-state index in [1.807, 2.05) is 14.1 Å². The number of morpholine rings is 1. The Labute approximate surface area is 123 Å². The van der Waals surface area contributed by atoms with Crippen LogP contribution in [0.5, 0.6) is 0 Å². The monoisotopic (exact) mass is 285 g/mol. The molecule has 3 atom stereocenters. The lowest BCUT2D eigenvalue weighted by atomic mass is 10.0. The lowest BCUT2D eigenvalue weighted by molar-refractivity contribution is -0.131. The molecule has 1 aliphatic heterocycles. The second-order valence-corrected chi connectivity index (χ2v) is 6.44. The Hall–Kier alpha value is -0.650. The molecule has 0 aliphatic carbocycles. The zero-order chi connectivity index (χ0) is 15.1. The minimum atomic E-state index is -0.0930.